The van der Waals surface area contributed by atoms with E-state index in [4.69, 9.17) is 23.2 Å². The Morgan fingerprint density at radius 2 is 1.83 bits per heavy atom. The molecule has 2 fully saturated rings. The SMILES string of the molecule is O=c1nc(N2CCC3(CC2)CN(Cc2ccc(Cl)cc2Cl)C3)sc2c([N+](=O)[O-])cc(C(F)(F)F)cc12. The fourth-order valence-electron chi connectivity index (χ4n) is 4.97. The number of aromatic nitrogens is 1. The fraction of sp³-hybridized carbons (Fsp3) is 0.391. The number of alkyl halides is 3. The second kappa shape index (κ2) is 9.13. The van der Waals surface area contributed by atoms with Gasteiger partial charge in [0.2, 0.25) is 0 Å². The van der Waals surface area contributed by atoms with Crippen LogP contribution in [-0.4, -0.2) is 41.0 Å². The zero-order valence-electron chi connectivity index (χ0n) is 18.6. The average molecular weight is 559 g/mol. The van der Waals surface area contributed by atoms with Crippen molar-refractivity contribution in [2.45, 2.75) is 25.6 Å². The third-order valence-corrected chi connectivity index (χ3v) is 8.59. The maximum Gasteiger partial charge on any atom is 0.416 e. The molecule has 0 bridgehead atoms. The average Bonchev–Trinajstić information content (AvgIpc) is 2.78. The van der Waals surface area contributed by atoms with E-state index in [2.05, 4.69) is 9.88 Å². The molecule has 0 aliphatic carbocycles. The van der Waals surface area contributed by atoms with E-state index in [1.807, 2.05) is 17.0 Å². The first-order valence-electron chi connectivity index (χ1n) is 11.1. The summed E-state index contributed by atoms with van der Waals surface area (Å²) in [5, 5.41) is 12.6. The van der Waals surface area contributed by atoms with Crippen LogP contribution in [-0.2, 0) is 12.7 Å². The van der Waals surface area contributed by atoms with Gasteiger partial charge in [-0.05, 0) is 42.0 Å². The van der Waals surface area contributed by atoms with Gasteiger partial charge in [0.1, 0.15) is 4.70 Å². The number of hydrogen-bond donors (Lipinski definition) is 0. The summed E-state index contributed by atoms with van der Waals surface area (Å²) < 4.78 is 39.5. The van der Waals surface area contributed by atoms with Gasteiger partial charge in [-0.25, -0.2) is 0 Å². The van der Waals surface area contributed by atoms with Crippen molar-refractivity contribution in [3.05, 3.63) is 72.0 Å². The van der Waals surface area contributed by atoms with Crippen LogP contribution in [0.2, 0.25) is 10.0 Å². The van der Waals surface area contributed by atoms with Crippen LogP contribution in [0.3, 0.4) is 0 Å². The first-order chi connectivity index (χ1) is 16.9. The van der Waals surface area contributed by atoms with Crippen LogP contribution in [0.4, 0.5) is 24.0 Å². The monoisotopic (exact) mass is 558 g/mol. The highest BCUT2D eigenvalue weighted by Crippen LogP contribution is 2.44. The molecule has 0 N–H and O–H groups in total. The Bertz CT molecular complexity index is 1420. The van der Waals surface area contributed by atoms with E-state index in [0.29, 0.717) is 35.3 Å². The first kappa shape index (κ1) is 25.2. The smallest absolute Gasteiger partial charge is 0.348 e. The number of nitro groups is 1. The lowest BCUT2D eigenvalue weighted by molar-refractivity contribution is -0.383. The molecule has 0 amide bonds. The summed E-state index contributed by atoms with van der Waals surface area (Å²) in [5.41, 5.74) is -1.74. The van der Waals surface area contributed by atoms with Crippen molar-refractivity contribution < 1.29 is 18.1 Å². The Morgan fingerprint density at radius 3 is 2.44 bits per heavy atom. The molecule has 2 aliphatic rings. The molecular formula is C23H19Cl2F3N4O3S. The van der Waals surface area contributed by atoms with E-state index >= 15 is 0 Å². The van der Waals surface area contributed by atoms with Crippen LogP contribution in [0.15, 0.2) is 35.1 Å². The lowest BCUT2D eigenvalue weighted by Gasteiger charge is -2.54. The summed E-state index contributed by atoms with van der Waals surface area (Å²) in [7, 11) is 0. The quantitative estimate of drug-likeness (QED) is 0.289. The van der Waals surface area contributed by atoms with Gasteiger partial charge in [0.25, 0.3) is 11.2 Å². The second-order valence-corrected chi connectivity index (χ2v) is 11.1. The molecule has 2 aliphatic heterocycles. The number of fused-ring (bicyclic) bond motifs is 1. The third-order valence-electron chi connectivity index (χ3n) is 6.84. The van der Waals surface area contributed by atoms with E-state index < -0.39 is 33.3 Å². The van der Waals surface area contributed by atoms with Crippen molar-refractivity contribution in [1.29, 1.82) is 0 Å². The van der Waals surface area contributed by atoms with Crippen LogP contribution in [0.1, 0.15) is 24.0 Å². The number of benzene rings is 2. The molecule has 3 heterocycles. The Kier molecular flexibility index (Phi) is 6.39. The minimum Gasteiger partial charge on any atom is -0.348 e. The van der Waals surface area contributed by atoms with E-state index in [9.17, 15) is 28.1 Å². The number of anilines is 1. The number of halogens is 5. The van der Waals surface area contributed by atoms with Crippen LogP contribution in [0.25, 0.3) is 10.1 Å². The summed E-state index contributed by atoms with van der Waals surface area (Å²) in [6.45, 7) is 3.70. The Labute approximate surface area is 217 Å². The Balaban J connectivity index is 1.31. The van der Waals surface area contributed by atoms with Gasteiger partial charge in [0.05, 0.1) is 15.9 Å². The maximum absolute atomic E-state index is 13.2. The molecule has 7 nitrogen and oxygen atoms in total. The van der Waals surface area contributed by atoms with Crippen molar-refractivity contribution in [3.63, 3.8) is 0 Å². The molecule has 0 radical (unpaired) electrons. The lowest BCUT2D eigenvalue weighted by atomic mass is 9.72. The topological polar surface area (TPSA) is 79.6 Å². The molecule has 190 valence electrons. The number of hydrogen-bond acceptors (Lipinski definition) is 7. The van der Waals surface area contributed by atoms with Gasteiger partial charge in [-0.15, -0.1) is 0 Å². The molecular weight excluding hydrogens is 540 g/mol. The fourth-order valence-corrected chi connectivity index (χ4v) is 6.55. The maximum atomic E-state index is 13.2. The Hall–Kier alpha value is -2.47. The number of piperidine rings is 1. The van der Waals surface area contributed by atoms with E-state index in [0.717, 1.165) is 49.4 Å². The molecule has 2 aromatic carbocycles. The molecule has 1 aromatic heterocycles. The van der Waals surface area contributed by atoms with Gasteiger partial charge in [-0.2, -0.15) is 18.2 Å². The van der Waals surface area contributed by atoms with Crippen molar-refractivity contribution in [1.82, 2.24) is 9.88 Å². The first-order valence-corrected chi connectivity index (χ1v) is 12.6. The van der Waals surface area contributed by atoms with Crippen molar-refractivity contribution >= 4 is 55.4 Å². The van der Waals surface area contributed by atoms with Gasteiger partial charge in [0.15, 0.2) is 5.13 Å². The summed E-state index contributed by atoms with van der Waals surface area (Å²) in [4.78, 5) is 31.4. The summed E-state index contributed by atoms with van der Waals surface area (Å²) >= 11 is 13.1. The summed E-state index contributed by atoms with van der Waals surface area (Å²) in [6, 6.07) is 6.57. The van der Waals surface area contributed by atoms with Gasteiger partial charge >= 0.3 is 6.18 Å². The lowest BCUT2D eigenvalue weighted by Crippen LogP contribution is -2.59. The summed E-state index contributed by atoms with van der Waals surface area (Å²) in [6.07, 6.45) is -3.13. The highest BCUT2D eigenvalue weighted by Gasteiger charge is 2.45. The van der Waals surface area contributed by atoms with Crippen molar-refractivity contribution in [2.75, 3.05) is 31.1 Å². The van der Waals surface area contributed by atoms with Crippen molar-refractivity contribution in [3.8, 4) is 0 Å². The molecule has 5 rings (SSSR count). The highest BCUT2D eigenvalue weighted by atomic mass is 35.5. The van der Waals surface area contributed by atoms with Crippen LogP contribution >= 0.6 is 34.5 Å². The number of rotatable bonds is 4. The normalized spacial score (nSPS) is 18.0. The summed E-state index contributed by atoms with van der Waals surface area (Å²) in [5.74, 6) is 0. The molecule has 13 heteroatoms. The standard InChI is InChI=1S/C23H19Cl2F3N4O3S/c24-15-2-1-13(17(25)9-15)10-30-11-22(12-30)3-5-31(6-4-22)21-29-20(33)16-7-14(23(26,27)28)8-18(32(34)35)19(16)36-21/h1-2,7-9H,3-6,10-12H2. The van der Waals surface area contributed by atoms with Crippen LogP contribution < -0.4 is 10.5 Å². The van der Waals surface area contributed by atoms with Gasteiger partial charge in [0, 0.05) is 48.8 Å². The van der Waals surface area contributed by atoms with Crippen LogP contribution in [0, 0.1) is 15.5 Å². The predicted molar refractivity (Wildman–Crippen MR) is 133 cm³/mol. The van der Waals surface area contributed by atoms with Gasteiger partial charge in [-0.3, -0.25) is 19.8 Å². The molecule has 0 unspecified atom stereocenters. The number of likely N-dealkylation sites (tertiary alicyclic amines) is 1. The second-order valence-electron chi connectivity index (χ2n) is 9.30. The molecule has 1 spiro atoms. The molecule has 36 heavy (non-hydrogen) atoms. The largest absolute Gasteiger partial charge is 0.416 e. The molecule has 0 atom stereocenters. The minimum absolute atomic E-state index is 0.0991. The zero-order chi connectivity index (χ0) is 25.8. The molecule has 2 saturated heterocycles. The third kappa shape index (κ3) is 4.77. The van der Waals surface area contributed by atoms with E-state index in [1.165, 1.54) is 0 Å². The number of nitrogens with zero attached hydrogens (tertiary/aromatic N) is 4. The van der Waals surface area contributed by atoms with E-state index in [-0.39, 0.29) is 15.2 Å². The van der Waals surface area contributed by atoms with E-state index in [1.54, 1.807) is 6.07 Å². The van der Waals surface area contributed by atoms with Gasteiger partial charge in [-0.1, -0.05) is 40.6 Å². The van der Waals surface area contributed by atoms with Crippen molar-refractivity contribution in [2.24, 2.45) is 5.41 Å². The van der Waals surface area contributed by atoms with Gasteiger partial charge < -0.3 is 4.90 Å². The van der Waals surface area contributed by atoms with Crippen LogP contribution in [0.5, 0.6) is 0 Å². The zero-order valence-corrected chi connectivity index (χ0v) is 21.0. The predicted octanol–water partition coefficient (Wildman–Crippen LogP) is 5.99. The Morgan fingerprint density at radius 1 is 1.14 bits per heavy atom. The highest BCUT2D eigenvalue weighted by molar-refractivity contribution is 7.22. The number of nitro benzene ring substituents is 1. The minimum atomic E-state index is -4.81. The molecule has 3 aromatic rings. The molecule has 0 saturated carbocycles. The number of non-ortho nitro benzene ring substituents is 1.